The van der Waals surface area contributed by atoms with Crippen molar-refractivity contribution in [3.8, 4) is 40.1 Å². The van der Waals surface area contributed by atoms with E-state index >= 15 is 0 Å². The monoisotopic (exact) mass is 679 g/mol. The van der Waals surface area contributed by atoms with Gasteiger partial charge in [-0.05, 0) is 95.7 Å². The zero-order valence-electron chi connectivity index (χ0n) is 32.6. The predicted octanol–water partition coefficient (Wildman–Crippen LogP) is 13.9. The third-order valence-corrected chi connectivity index (χ3v) is 16.8. The van der Waals surface area contributed by atoms with Crippen LogP contribution in [0.5, 0.6) is 0 Å². The molecule has 0 aliphatic heterocycles. The summed E-state index contributed by atoms with van der Waals surface area (Å²) in [5.74, 6) is 7.35. The molecule has 0 spiro atoms. The second kappa shape index (κ2) is 22.3. The summed E-state index contributed by atoms with van der Waals surface area (Å²) in [5.41, 5.74) is 16.7. The fourth-order valence-corrected chi connectivity index (χ4v) is 11.8. The van der Waals surface area contributed by atoms with E-state index < -0.39 is 16.1 Å². The Hall–Kier alpha value is -2.52. The first-order valence-electron chi connectivity index (χ1n) is 19.7. The Balaban J connectivity index is 2.51. The van der Waals surface area contributed by atoms with Gasteiger partial charge in [-0.2, -0.15) is 5.26 Å². The largest absolute Gasteiger partial charge is 0.198 e. The van der Waals surface area contributed by atoms with Gasteiger partial charge in [0.15, 0.2) is 0 Å². The molecule has 0 saturated heterocycles. The highest BCUT2D eigenvalue weighted by Gasteiger charge is 2.38. The van der Waals surface area contributed by atoms with E-state index in [1.165, 1.54) is 105 Å². The molecule has 0 aliphatic rings. The molecule has 2 aromatic carbocycles. The van der Waals surface area contributed by atoms with Crippen molar-refractivity contribution in [2.75, 3.05) is 0 Å². The topological polar surface area (TPSA) is 23.8 Å². The summed E-state index contributed by atoms with van der Waals surface area (Å²) in [5, 5.41) is 9.18. The lowest BCUT2D eigenvalue weighted by Crippen LogP contribution is -2.40. The fraction of sp³-hybridized carbons (Fsp3) is 0.622. The first-order valence-corrected chi connectivity index (χ1v) is 25.5. The maximum absolute atomic E-state index is 9.18. The van der Waals surface area contributed by atoms with Gasteiger partial charge in [0.1, 0.15) is 16.1 Å². The second-order valence-corrected chi connectivity index (χ2v) is 25.8. The third-order valence-electron chi connectivity index (χ3n) is 10.1. The molecular formula is C45H69NSi2. The maximum atomic E-state index is 9.18. The van der Waals surface area contributed by atoms with Crippen molar-refractivity contribution < 1.29 is 0 Å². The molecule has 3 heteroatoms. The highest BCUT2D eigenvalue weighted by molar-refractivity contribution is 6.89. The quantitative estimate of drug-likeness (QED) is 0.0776. The Kier molecular flexibility index (Phi) is 19.3. The van der Waals surface area contributed by atoms with Gasteiger partial charge in [0.05, 0.1) is 6.07 Å². The van der Waals surface area contributed by atoms with E-state index in [2.05, 4.69) is 127 Å². The Morgan fingerprint density at radius 2 is 1.17 bits per heavy atom. The first-order chi connectivity index (χ1) is 23.0. The Morgan fingerprint density at radius 3 is 1.69 bits per heavy atom. The summed E-state index contributed by atoms with van der Waals surface area (Å²) in [6, 6.07) is 17.6. The molecule has 0 N–H and O–H groups in total. The van der Waals surface area contributed by atoms with Crippen LogP contribution in [-0.2, 0) is 12.8 Å². The fourth-order valence-electron chi connectivity index (χ4n) is 6.91. The van der Waals surface area contributed by atoms with Gasteiger partial charge in [-0.3, -0.25) is 0 Å². The van der Waals surface area contributed by atoms with Crippen LogP contribution in [0.1, 0.15) is 154 Å². The van der Waals surface area contributed by atoms with E-state index in [1.807, 2.05) is 0 Å². The van der Waals surface area contributed by atoms with Crippen molar-refractivity contribution in [1.82, 2.24) is 0 Å². The number of hydrogen-bond donors (Lipinski definition) is 0. The number of nitriles is 1. The van der Waals surface area contributed by atoms with Gasteiger partial charge in [-0.25, -0.2) is 0 Å². The van der Waals surface area contributed by atoms with E-state index in [9.17, 15) is 5.26 Å². The van der Waals surface area contributed by atoms with Crippen LogP contribution >= 0.6 is 0 Å². The number of unbranched alkanes of at least 4 members (excludes halogenated alkanes) is 11. The van der Waals surface area contributed by atoms with Gasteiger partial charge in [0, 0.05) is 17.5 Å². The molecule has 0 bridgehead atoms. The predicted molar refractivity (Wildman–Crippen MR) is 219 cm³/mol. The van der Waals surface area contributed by atoms with Gasteiger partial charge in [0.25, 0.3) is 0 Å². The van der Waals surface area contributed by atoms with Crippen LogP contribution < -0.4 is 0 Å². The smallest absolute Gasteiger partial charge is 0.143 e. The van der Waals surface area contributed by atoms with E-state index in [4.69, 9.17) is 0 Å². The molecule has 0 aliphatic carbocycles. The highest BCUT2D eigenvalue weighted by Crippen LogP contribution is 2.37. The normalized spacial score (nSPS) is 11.6. The number of benzene rings is 2. The van der Waals surface area contributed by atoms with Gasteiger partial charge >= 0.3 is 0 Å². The molecule has 0 unspecified atom stereocenters. The maximum Gasteiger partial charge on any atom is 0.143 e. The SMILES string of the molecule is CCCCCCCCc1cc(-c2ccc(C#C[Si](CCCC#N)(C(C)C)C(C)C)cc2)c(CCCCCCCC)cc1C#C[Si](C)(C)C. The van der Waals surface area contributed by atoms with Gasteiger partial charge in [0.2, 0.25) is 0 Å². The van der Waals surface area contributed by atoms with Crippen LogP contribution in [0.25, 0.3) is 11.1 Å². The third kappa shape index (κ3) is 14.5. The molecule has 262 valence electrons. The number of hydrogen-bond acceptors (Lipinski definition) is 1. The molecule has 2 rings (SSSR count). The molecule has 0 saturated carbocycles. The van der Waals surface area contributed by atoms with E-state index in [0.29, 0.717) is 17.5 Å². The summed E-state index contributed by atoms with van der Waals surface area (Å²) >= 11 is 0. The zero-order chi connectivity index (χ0) is 35.4. The van der Waals surface area contributed by atoms with Crippen molar-refractivity contribution >= 4 is 16.1 Å². The molecule has 0 aromatic heterocycles. The molecule has 0 amide bonds. The lowest BCUT2D eigenvalue weighted by Gasteiger charge is -2.34. The van der Waals surface area contributed by atoms with Crippen LogP contribution in [0.3, 0.4) is 0 Å². The number of rotatable bonds is 20. The number of aryl methyl sites for hydroxylation is 2. The van der Waals surface area contributed by atoms with Crippen molar-refractivity contribution in [2.24, 2.45) is 0 Å². The summed E-state index contributed by atoms with van der Waals surface area (Å²) in [6.45, 7) is 21.0. The summed E-state index contributed by atoms with van der Waals surface area (Å²) < 4.78 is 0. The molecule has 0 atom stereocenters. The Labute approximate surface area is 300 Å². The van der Waals surface area contributed by atoms with Crippen LogP contribution in [0.4, 0.5) is 0 Å². The minimum Gasteiger partial charge on any atom is -0.198 e. The average Bonchev–Trinajstić information content (AvgIpc) is 3.05. The van der Waals surface area contributed by atoms with Crippen LogP contribution in [0, 0.1) is 34.3 Å². The van der Waals surface area contributed by atoms with E-state index in [1.54, 1.807) is 0 Å². The molecular weight excluding hydrogens is 611 g/mol. The molecule has 1 nitrogen and oxygen atoms in total. The molecule has 0 fully saturated rings. The van der Waals surface area contributed by atoms with Crippen molar-refractivity contribution in [1.29, 1.82) is 5.26 Å². The van der Waals surface area contributed by atoms with Crippen LogP contribution in [0.2, 0.25) is 36.8 Å². The molecule has 0 heterocycles. The van der Waals surface area contributed by atoms with Crippen molar-refractivity contribution in [3.05, 3.63) is 58.7 Å². The summed E-state index contributed by atoms with van der Waals surface area (Å²) in [7, 11) is -3.36. The highest BCUT2D eigenvalue weighted by atomic mass is 28.3. The summed E-state index contributed by atoms with van der Waals surface area (Å²) in [4.78, 5) is 0. The van der Waals surface area contributed by atoms with E-state index in [-0.39, 0.29) is 0 Å². The molecule has 0 radical (unpaired) electrons. The van der Waals surface area contributed by atoms with Crippen molar-refractivity contribution in [2.45, 2.75) is 181 Å². The Bertz CT molecular complexity index is 1370. The van der Waals surface area contributed by atoms with Crippen LogP contribution in [-0.4, -0.2) is 16.1 Å². The number of nitrogens with zero attached hydrogens (tertiary/aromatic N) is 1. The van der Waals surface area contributed by atoms with Crippen molar-refractivity contribution in [3.63, 3.8) is 0 Å². The minimum atomic E-state index is -1.87. The lowest BCUT2D eigenvalue weighted by atomic mass is 9.89. The standard InChI is InChI=1S/C45H69NSi2/c1-10-12-14-16-18-20-24-42-37-45(44(25-21-19-17-15-13-11-2)36-43(42)31-34-47(7,8)9)41-28-26-40(27-29-41)30-35-48(38(3)4,39(5)6)33-23-22-32-46/h26-29,36-39H,10-25,33H2,1-9H3. The Morgan fingerprint density at radius 1 is 0.625 bits per heavy atom. The van der Waals surface area contributed by atoms with Gasteiger partial charge < -0.3 is 0 Å². The lowest BCUT2D eigenvalue weighted by molar-refractivity contribution is 0.606. The zero-order valence-corrected chi connectivity index (χ0v) is 34.6. The van der Waals surface area contributed by atoms with Crippen LogP contribution in [0.15, 0.2) is 36.4 Å². The minimum absolute atomic E-state index is 0.570. The second-order valence-electron chi connectivity index (χ2n) is 15.9. The van der Waals surface area contributed by atoms with E-state index in [0.717, 1.165) is 30.9 Å². The van der Waals surface area contributed by atoms with Gasteiger partial charge in [-0.1, -0.05) is 149 Å². The average molecular weight is 680 g/mol. The van der Waals surface area contributed by atoms with Gasteiger partial charge in [-0.15, -0.1) is 11.1 Å². The molecule has 48 heavy (non-hydrogen) atoms. The first kappa shape index (κ1) is 41.7. The molecule has 2 aromatic rings. The summed E-state index contributed by atoms with van der Waals surface area (Å²) in [6.07, 6.45) is 19.6.